The van der Waals surface area contributed by atoms with Gasteiger partial charge in [0.2, 0.25) is 0 Å². The van der Waals surface area contributed by atoms with Crippen molar-refractivity contribution >= 4 is 5.69 Å². The van der Waals surface area contributed by atoms with Crippen molar-refractivity contribution in [2.45, 2.75) is 24.8 Å². The van der Waals surface area contributed by atoms with Gasteiger partial charge < -0.3 is 19.7 Å². The molecule has 1 N–H and O–H groups in total. The van der Waals surface area contributed by atoms with Crippen LogP contribution in [0.3, 0.4) is 0 Å². The highest BCUT2D eigenvalue weighted by Gasteiger charge is 2.43. The fraction of sp³-hybridized carbons (Fsp3) is 0.429. The maximum atomic E-state index is 5.65. The van der Waals surface area contributed by atoms with Gasteiger partial charge in [0.05, 0.1) is 14.2 Å². The smallest absolute Gasteiger partial charge is 0.130 e. The van der Waals surface area contributed by atoms with Crippen LogP contribution in [0.25, 0.3) is 11.1 Å². The highest BCUT2D eigenvalue weighted by Crippen LogP contribution is 2.50. The molecule has 0 bridgehead atoms. The Labute approximate surface area is 148 Å². The van der Waals surface area contributed by atoms with Crippen LogP contribution >= 0.6 is 0 Å². The van der Waals surface area contributed by atoms with Crippen LogP contribution in [0.15, 0.2) is 30.3 Å². The van der Waals surface area contributed by atoms with E-state index in [4.69, 9.17) is 9.47 Å². The van der Waals surface area contributed by atoms with Crippen molar-refractivity contribution in [3.63, 3.8) is 0 Å². The summed E-state index contributed by atoms with van der Waals surface area (Å²) in [6, 6.07) is 11.6. The summed E-state index contributed by atoms with van der Waals surface area (Å²) in [6.45, 7) is 3.41. The Balaban J connectivity index is 1.64. The molecule has 1 saturated heterocycles. The maximum absolute atomic E-state index is 5.65. The predicted molar refractivity (Wildman–Crippen MR) is 100 cm³/mol. The van der Waals surface area contributed by atoms with Crippen molar-refractivity contribution in [2.24, 2.45) is 0 Å². The van der Waals surface area contributed by atoms with E-state index in [0.717, 1.165) is 36.6 Å². The molecule has 3 heterocycles. The van der Waals surface area contributed by atoms with Crippen LogP contribution in [-0.4, -0.2) is 39.9 Å². The molecule has 0 saturated carbocycles. The van der Waals surface area contributed by atoms with Crippen LogP contribution in [0.2, 0.25) is 0 Å². The topological polar surface area (TPSA) is 33.7 Å². The van der Waals surface area contributed by atoms with Crippen LogP contribution in [0.5, 0.6) is 11.5 Å². The lowest BCUT2D eigenvalue weighted by Crippen LogP contribution is -2.43. The van der Waals surface area contributed by atoms with Crippen molar-refractivity contribution in [1.82, 2.24) is 5.32 Å². The summed E-state index contributed by atoms with van der Waals surface area (Å²) >= 11 is 0. The molecule has 4 nitrogen and oxygen atoms in total. The van der Waals surface area contributed by atoms with Crippen LogP contribution in [-0.2, 0) is 6.42 Å². The molecule has 25 heavy (non-hydrogen) atoms. The second-order valence-corrected chi connectivity index (χ2v) is 7.25. The minimum atomic E-state index is 0.618. The van der Waals surface area contributed by atoms with E-state index >= 15 is 0 Å². The monoisotopic (exact) mass is 336 g/mol. The van der Waals surface area contributed by atoms with Crippen molar-refractivity contribution in [1.29, 1.82) is 0 Å². The molecule has 0 unspecified atom stereocenters. The fourth-order valence-electron chi connectivity index (χ4n) is 4.95. The highest BCUT2D eigenvalue weighted by atomic mass is 16.5. The van der Waals surface area contributed by atoms with Gasteiger partial charge in [-0.1, -0.05) is 0 Å². The van der Waals surface area contributed by atoms with Crippen LogP contribution in [0.1, 0.15) is 23.5 Å². The number of piperidine rings is 1. The van der Waals surface area contributed by atoms with Gasteiger partial charge in [0.25, 0.3) is 0 Å². The van der Waals surface area contributed by atoms with Gasteiger partial charge in [-0.2, -0.15) is 0 Å². The Morgan fingerprint density at radius 2 is 2.04 bits per heavy atom. The molecule has 1 fully saturated rings. The third kappa shape index (κ3) is 2.17. The van der Waals surface area contributed by atoms with Crippen LogP contribution < -0.4 is 19.7 Å². The van der Waals surface area contributed by atoms with Gasteiger partial charge in [-0.3, -0.25) is 0 Å². The minimum Gasteiger partial charge on any atom is -0.497 e. The Bertz CT molecular complexity index is 833. The fourth-order valence-corrected chi connectivity index (χ4v) is 4.95. The second kappa shape index (κ2) is 5.67. The second-order valence-electron chi connectivity index (χ2n) is 7.25. The van der Waals surface area contributed by atoms with Gasteiger partial charge in [0.15, 0.2) is 0 Å². The third-order valence-electron chi connectivity index (χ3n) is 6.09. The molecule has 5 rings (SSSR count). The summed E-state index contributed by atoms with van der Waals surface area (Å²) < 4.78 is 11.0. The van der Waals surface area contributed by atoms with Gasteiger partial charge in [-0.25, -0.2) is 0 Å². The number of methoxy groups -OCH3 is 2. The number of ether oxygens (including phenoxy) is 2. The number of hydrogen-bond donors (Lipinski definition) is 1. The largest absolute Gasteiger partial charge is 0.497 e. The Hall–Kier alpha value is -2.20. The zero-order chi connectivity index (χ0) is 17.0. The van der Waals surface area contributed by atoms with Gasteiger partial charge >= 0.3 is 0 Å². The quantitative estimate of drug-likeness (QED) is 0.933. The van der Waals surface area contributed by atoms with Gasteiger partial charge in [0, 0.05) is 42.4 Å². The Morgan fingerprint density at radius 3 is 2.88 bits per heavy atom. The van der Waals surface area contributed by atoms with Gasteiger partial charge in [-0.15, -0.1) is 0 Å². The maximum Gasteiger partial charge on any atom is 0.130 e. The lowest BCUT2D eigenvalue weighted by Gasteiger charge is -2.32. The van der Waals surface area contributed by atoms with Crippen LogP contribution in [0, 0.1) is 0 Å². The average molecular weight is 336 g/mol. The van der Waals surface area contributed by atoms with E-state index in [1.165, 1.54) is 35.3 Å². The van der Waals surface area contributed by atoms with Crippen molar-refractivity contribution in [2.75, 3.05) is 38.8 Å². The molecule has 2 aromatic carbocycles. The lowest BCUT2D eigenvalue weighted by atomic mass is 9.86. The first kappa shape index (κ1) is 15.1. The minimum absolute atomic E-state index is 0.618. The Morgan fingerprint density at radius 1 is 1.12 bits per heavy atom. The summed E-state index contributed by atoms with van der Waals surface area (Å²) in [5.74, 6) is 2.32. The first-order valence-electron chi connectivity index (χ1n) is 9.16. The third-order valence-corrected chi connectivity index (χ3v) is 6.09. The molecule has 0 aromatic heterocycles. The van der Waals surface area contributed by atoms with E-state index in [-0.39, 0.29) is 0 Å². The summed E-state index contributed by atoms with van der Waals surface area (Å²) in [4.78, 5) is 2.67. The number of fused-ring (bicyclic) bond motifs is 3. The lowest BCUT2D eigenvalue weighted by molar-refractivity contribution is 0.395. The standard InChI is InChI=1S/C21H24N2O2/c1-24-15-3-4-16(20(11-15)25-2)14-9-13-6-8-23-19-5-7-22-12-18(19)17(10-14)21(13)23/h3-4,9-11,18-19,22H,5-8,12H2,1-2H3/t18-,19-/m0/s1. The van der Waals surface area contributed by atoms with E-state index in [9.17, 15) is 0 Å². The summed E-state index contributed by atoms with van der Waals surface area (Å²) in [7, 11) is 3.42. The first-order valence-corrected chi connectivity index (χ1v) is 9.16. The molecular formula is C21H24N2O2. The van der Waals surface area contributed by atoms with E-state index in [1.54, 1.807) is 14.2 Å². The van der Waals surface area contributed by atoms with Gasteiger partial charge in [-0.05, 0) is 60.3 Å². The van der Waals surface area contributed by atoms with Crippen molar-refractivity contribution in [3.8, 4) is 22.6 Å². The van der Waals surface area contributed by atoms with E-state index in [2.05, 4.69) is 28.4 Å². The molecule has 3 aliphatic heterocycles. The normalized spacial score (nSPS) is 23.4. The number of nitrogens with zero attached hydrogens (tertiary/aromatic N) is 1. The molecule has 3 aliphatic rings. The molecule has 0 radical (unpaired) electrons. The van der Waals surface area contributed by atoms with E-state index in [0.29, 0.717) is 12.0 Å². The molecule has 2 atom stereocenters. The van der Waals surface area contributed by atoms with Crippen molar-refractivity contribution in [3.05, 3.63) is 41.5 Å². The number of nitrogens with one attached hydrogen (secondary N) is 1. The molecule has 2 aromatic rings. The summed E-state index contributed by atoms with van der Waals surface area (Å²) in [5.41, 5.74) is 6.96. The molecule has 0 aliphatic carbocycles. The molecule has 130 valence electrons. The first-order chi connectivity index (χ1) is 12.3. The molecular weight excluding hydrogens is 312 g/mol. The molecule has 4 heteroatoms. The number of anilines is 1. The zero-order valence-corrected chi connectivity index (χ0v) is 14.8. The van der Waals surface area contributed by atoms with Gasteiger partial charge in [0.1, 0.15) is 11.5 Å². The summed E-state index contributed by atoms with van der Waals surface area (Å²) in [6.07, 6.45) is 2.41. The molecule has 0 spiro atoms. The highest BCUT2D eigenvalue weighted by molar-refractivity contribution is 5.80. The number of rotatable bonds is 3. The molecule has 0 amide bonds. The van der Waals surface area contributed by atoms with E-state index in [1.807, 2.05) is 12.1 Å². The predicted octanol–water partition coefficient (Wildman–Crippen LogP) is 3.19. The Kier molecular flexibility index (Phi) is 3.42. The SMILES string of the molecule is COc1ccc(-c2cc3c4c(c2)[C@@H]2CNCC[C@@H]2N4CC3)c(OC)c1. The summed E-state index contributed by atoms with van der Waals surface area (Å²) in [5, 5.41) is 3.59. The van der Waals surface area contributed by atoms with Crippen LogP contribution in [0.4, 0.5) is 5.69 Å². The average Bonchev–Trinajstić information content (AvgIpc) is 3.24. The number of hydrogen-bond acceptors (Lipinski definition) is 4. The van der Waals surface area contributed by atoms with E-state index < -0.39 is 0 Å². The zero-order valence-electron chi connectivity index (χ0n) is 14.8. The van der Waals surface area contributed by atoms with Crippen molar-refractivity contribution < 1.29 is 9.47 Å². The number of benzene rings is 2.